The minimum absolute atomic E-state index is 0. The summed E-state index contributed by atoms with van der Waals surface area (Å²) in [4.78, 5) is 2.38. The second-order valence-electron chi connectivity index (χ2n) is 7.96. The number of halogens is 2. The normalized spacial score (nSPS) is 14.1. The van der Waals surface area contributed by atoms with Crippen LogP contribution in [0.1, 0.15) is 6.42 Å². The van der Waals surface area contributed by atoms with E-state index >= 15 is 0 Å². The lowest BCUT2D eigenvalue weighted by Gasteiger charge is -2.22. The maximum absolute atomic E-state index is 14.5. The van der Waals surface area contributed by atoms with Crippen LogP contribution in [-0.4, -0.2) is 61.9 Å². The predicted molar refractivity (Wildman–Crippen MR) is 131 cm³/mol. The van der Waals surface area contributed by atoms with Crippen molar-refractivity contribution in [2.75, 3.05) is 51.4 Å². The smallest absolute Gasteiger partial charge is 0.188 e. The lowest BCUT2D eigenvalue weighted by atomic mass is 10.1. The summed E-state index contributed by atoms with van der Waals surface area (Å²) >= 11 is 0. The zero-order valence-corrected chi connectivity index (χ0v) is 19.7. The molecule has 0 amide bonds. The molecule has 2 aromatic heterocycles. The summed E-state index contributed by atoms with van der Waals surface area (Å²) in [7, 11) is 1.57. The molecular formula is C24H27ClFN5O3. The van der Waals surface area contributed by atoms with Crippen molar-refractivity contribution >= 4 is 29.0 Å². The van der Waals surface area contributed by atoms with E-state index in [4.69, 9.17) is 14.0 Å². The molecule has 1 aliphatic rings. The monoisotopic (exact) mass is 487 g/mol. The zero-order chi connectivity index (χ0) is 22.6. The molecule has 5 rings (SSSR count). The van der Waals surface area contributed by atoms with Crippen LogP contribution < -0.4 is 15.0 Å². The van der Waals surface area contributed by atoms with Gasteiger partial charge in [-0.05, 0) is 31.2 Å². The van der Waals surface area contributed by atoms with Crippen molar-refractivity contribution in [1.82, 2.24) is 20.7 Å². The van der Waals surface area contributed by atoms with E-state index in [1.807, 2.05) is 18.2 Å². The minimum Gasteiger partial charge on any atom is -0.488 e. The second-order valence-corrected chi connectivity index (χ2v) is 7.96. The van der Waals surface area contributed by atoms with Crippen LogP contribution in [-0.2, 0) is 4.74 Å². The van der Waals surface area contributed by atoms with Gasteiger partial charge in [0.1, 0.15) is 18.0 Å². The van der Waals surface area contributed by atoms with Gasteiger partial charge in [0.25, 0.3) is 0 Å². The Morgan fingerprint density at radius 3 is 2.76 bits per heavy atom. The van der Waals surface area contributed by atoms with E-state index in [0.29, 0.717) is 34.7 Å². The molecule has 1 fully saturated rings. The molecule has 0 spiro atoms. The Morgan fingerprint density at radius 2 is 1.94 bits per heavy atom. The number of aromatic amines is 1. The molecule has 180 valence electrons. The fraction of sp³-hybridized carbons (Fsp3) is 0.333. The fourth-order valence-corrected chi connectivity index (χ4v) is 4.02. The highest BCUT2D eigenvalue weighted by Crippen LogP contribution is 2.33. The number of rotatable bonds is 7. The first-order valence-electron chi connectivity index (χ1n) is 11.1. The van der Waals surface area contributed by atoms with Crippen LogP contribution in [0, 0.1) is 5.82 Å². The first-order valence-corrected chi connectivity index (χ1v) is 11.1. The number of nitrogens with zero attached hydrogens (tertiary/aromatic N) is 3. The van der Waals surface area contributed by atoms with Gasteiger partial charge in [0.15, 0.2) is 17.3 Å². The van der Waals surface area contributed by atoms with Gasteiger partial charge in [0, 0.05) is 55.5 Å². The number of hydrogen-bond donors (Lipinski definition) is 2. The number of fused-ring (bicyclic) bond motifs is 1. The van der Waals surface area contributed by atoms with Crippen molar-refractivity contribution in [2.24, 2.45) is 0 Å². The number of H-pyrrole nitrogens is 1. The van der Waals surface area contributed by atoms with Gasteiger partial charge in [0.2, 0.25) is 0 Å². The molecule has 0 atom stereocenters. The summed E-state index contributed by atoms with van der Waals surface area (Å²) < 4.78 is 30.5. The molecule has 1 saturated heterocycles. The average molecular weight is 488 g/mol. The molecule has 0 unspecified atom stereocenters. The number of aromatic nitrogens is 3. The van der Waals surface area contributed by atoms with Gasteiger partial charge in [-0.1, -0.05) is 17.3 Å². The number of ether oxygens (including phenoxy) is 2. The Labute approximate surface area is 202 Å². The summed E-state index contributed by atoms with van der Waals surface area (Å²) in [6, 6.07) is 13.1. The Kier molecular flexibility index (Phi) is 7.66. The predicted octanol–water partition coefficient (Wildman–Crippen LogP) is 4.27. The van der Waals surface area contributed by atoms with Gasteiger partial charge < -0.3 is 24.2 Å². The van der Waals surface area contributed by atoms with E-state index in [1.165, 1.54) is 11.8 Å². The van der Waals surface area contributed by atoms with Gasteiger partial charge in [-0.2, -0.15) is 5.10 Å². The highest BCUT2D eigenvalue weighted by molar-refractivity contribution is 5.93. The first kappa shape index (κ1) is 24.0. The van der Waals surface area contributed by atoms with Crippen molar-refractivity contribution < 1.29 is 18.4 Å². The van der Waals surface area contributed by atoms with Crippen LogP contribution >= 0.6 is 12.4 Å². The number of anilines is 1. The molecule has 2 N–H and O–H groups in total. The molecule has 0 aliphatic carbocycles. The Morgan fingerprint density at radius 1 is 1.09 bits per heavy atom. The van der Waals surface area contributed by atoms with E-state index in [9.17, 15) is 4.39 Å². The third-order valence-electron chi connectivity index (χ3n) is 5.77. The van der Waals surface area contributed by atoms with Crippen LogP contribution in [0.4, 0.5) is 10.1 Å². The molecule has 4 aromatic rings. The molecule has 10 heteroatoms. The third kappa shape index (κ3) is 5.01. The molecule has 8 nitrogen and oxygen atoms in total. The van der Waals surface area contributed by atoms with Crippen molar-refractivity contribution in [3.63, 3.8) is 0 Å². The molecule has 0 saturated carbocycles. The van der Waals surface area contributed by atoms with Crippen molar-refractivity contribution in [3.8, 4) is 28.5 Å². The SMILES string of the molecule is COCCOc1cc2[nH]nc(-c3cc(-c4ccc(N5CCCNCC5)cc4)no3)c2cc1F.Cl. The molecule has 0 bridgehead atoms. The summed E-state index contributed by atoms with van der Waals surface area (Å²) in [5.74, 6) is 0.139. The van der Waals surface area contributed by atoms with Crippen molar-refractivity contribution in [3.05, 3.63) is 48.3 Å². The number of methoxy groups -OCH3 is 1. The van der Waals surface area contributed by atoms with Gasteiger partial charge in [-0.3, -0.25) is 5.10 Å². The Hall–Kier alpha value is -3.14. The van der Waals surface area contributed by atoms with Crippen LogP contribution in [0.25, 0.3) is 33.6 Å². The summed E-state index contributed by atoms with van der Waals surface area (Å²) in [6.45, 7) is 4.73. The molecule has 1 aliphatic heterocycles. The van der Waals surface area contributed by atoms with Crippen molar-refractivity contribution in [2.45, 2.75) is 6.42 Å². The van der Waals surface area contributed by atoms with Gasteiger partial charge in [-0.25, -0.2) is 4.39 Å². The van der Waals surface area contributed by atoms with E-state index in [-0.39, 0.29) is 24.8 Å². The largest absolute Gasteiger partial charge is 0.488 e. The summed E-state index contributed by atoms with van der Waals surface area (Å²) in [5.41, 5.74) is 3.99. The van der Waals surface area contributed by atoms with Crippen LogP contribution in [0.3, 0.4) is 0 Å². The molecule has 3 heterocycles. The fourth-order valence-electron chi connectivity index (χ4n) is 4.02. The first-order chi connectivity index (χ1) is 16.2. The molecule has 0 radical (unpaired) electrons. The van der Waals surface area contributed by atoms with E-state index in [2.05, 4.69) is 37.7 Å². The maximum atomic E-state index is 14.5. The Balaban J connectivity index is 0.00000274. The van der Waals surface area contributed by atoms with E-state index < -0.39 is 5.82 Å². The number of benzene rings is 2. The number of hydrogen-bond acceptors (Lipinski definition) is 7. The zero-order valence-electron chi connectivity index (χ0n) is 18.8. The molecule has 2 aromatic carbocycles. The maximum Gasteiger partial charge on any atom is 0.188 e. The Bertz CT molecular complexity index is 1220. The summed E-state index contributed by atoms with van der Waals surface area (Å²) in [6.07, 6.45) is 1.13. The minimum atomic E-state index is -0.472. The standard InChI is InChI=1S/C24H26FN5O3.ClH/c1-31-11-12-32-22-15-21-18(13-19(22)25)24(28-27-21)23-14-20(29-33-23)16-3-5-17(6-4-16)30-9-2-7-26-8-10-30;/h3-6,13-15,26H,2,7-12H2,1H3,(H,27,28);1H. The molecular weight excluding hydrogens is 461 g/mol. The van der Waals surface area contributed by atoms with Crippen molar-refractivity contribution in [1.29, 1.82) is 0 Å². The second kappa shape index (κ2) is 10.9. The lowest BCUT2D eigenvalue weighted by molar-refractivity contribution is 0.144. The van der Waals surface area contributed by atoms with E-state index in [1.54, 1.807) is 13.2 Å². The van der Waals surface area contributed by atoms with Crippen LogP contribution in [0.2, 0.25) is 0 Å². The van der Waals surface area contributed by atoms with Gasteiger partial charge in [0.05, 0.1) is 12.1 Å². The van der Waals surface area contributed by atoms with Crippen LogP contribution in [0.15, 0.2) is 47.0 Å². The van der Waals surface area contributed by atoms with E-state index in [0.717, 1.165) is 38.2 Å². The lowest BCUT2D eigenvalue weighted by Crippen LogP contribution is -2.27. The topological polar surface area (TPSA) is 88.4 Å². The number of nitrogens with one attached hydrogen (secondary N) is 2. The highest BCUT2D eigenvalue weighted by Gasteiger charge is 2.18. The molecule has 34 heavy (non-hydrogen) atoms. The quantitative estimate of drug-likeness (QED) is 0.376. The third-order valence-corrected chi connectivity index (χ3v) is 5.77. The van der Waals surface area contributed by atoms with Gasteiger partial charge in [-0.15, -0.1) is 12.4 Å². The van der Waals surface area contributed by atoms with Crippen LogP contribution in [0.5, 0.6) is 5.75 Å². The average Bonchev–Trinajstić information content (AvgIpc) is 3.38. The summed E-state index contributed by atoms with van der Waals surface area (Å²) in [5, 5.41) is 15.5. The highest BCUT2D eigenvalue weighted by atomic mass is 35.5. The van der Waals surface area contributed by atoms with Gasteiger partial charge >= 0.3 is 0 Å².